The summed E-state index contributed by atoms with van der Waals surface area (Å²) >= 11 is 0. The molecule has 0 amide bonds. The fourth-order valence-electron chi connectivity index (χ4n) is 0.204. The van der Waals surface area contributed by atoms with Crippen LogP contribution in [0.5, 0.6) is 0 Å². The maximum absolute atomic E-state index is 9.49. The van der Waals surface area contributed by atoms with Crippen LogP contribution in [0.25, 0.3) is 0 Å². The van der Waals surface area contributed by atoms with Gasteiger partial charge in [0.15, 0.2) is 0 Å². The van der Waals surface area contributed by atoms with Crippen LogP contribution in [0, 0.1) is 0 Å². The van der Waals surface area contributed by atoms with E-state index in [0.717, 1.165) is 6.92 Å². The minimum absolute atomic E-state index is 0. The van der Waals surface area contributed by atoms with Gasteiger partial charge in [-0.15, -0.1) is 0 Å². The van der Waals surface area contributed by atoms with E-state index in [1.165, 1.54) is 0 Å². The first kappa shape index (κ1) is 23.1. The fraction of sp³-hybridized carbons (Fsp3) is 0.667. The van der Waals surface area contributed by atoms with Crippen molar-refractivity contribution in [2.24, 2.45) is 0 Å². The third-order valence-corrected chi connectivity index (χ3v) is 0.454. The van der Waals surface area contributed by atoms with Crippen molar-refractivity contribution in [1.29, 1.82) is 0 Å². The number of hydrogen-bond donors (Lipinski definition) is 0. The molecule has 0 unspecified atom stereocenters. The topological polar surface area (TPSA) is 80.3 Å². The van der Waals surface area contributed by atoms with E-state index < -0.39 is 11.9 Å². The smallest absolute Gasteiger partial charge is 0.550 e. The number of carbonyl (C=O) groups excluding carboxylic acids is 2. The Morgan fingerprint density at radius 3 is 1.42 bits per heavy atom. The van der Waals surface area contributed by atoms with Gasteiger partial charge >= 0.3 is 59.1 Å². The van der Waals surface area contributed by atoms with Crippen LogP contribution in [0.1, 0.15) is 26.7 Å². The van der Waals surface area contributed by atoms with Gasteiger partial charge in [-0.05, 0) is 13.3 Å². The van der Waals surface area contributed by atoms with Gasteiger partial charge in [-0.25, -0.2) is 0 Å². The van der Waals surface area contributed by atoms with Crippen molar-refractivity contribution in [3.05, 3.63) is 0 Å². The summed E-state index contributed by atoms with van der Waals surface area (Å²) in [6.45, 7) is 2.77. The van der Waals surface area contributed by atoms with Crippen LogP contribution >= 0.6 is 0 Å². The van der Waals surface area contributed by atoms with Crippen LogP contribution in [0.4, 0.5) is 0 Å². The average Bonchev–Trinajstić information content (AvgIpc) is 1.62. The van der Waals surface area contributed by atoms with E-state index in [2.05, 4.69) is 0 Å². The molecule has 4 nitrogen and oxygen atoms in total. The Balaban J connectivity index is -0.0000000483. The second-order valence-corrected chi connectivity index (χ2v) is 1.61. The van der Waals surface area contributed by atoms with E-state index in [1.54, 1.807) is 6.92 Å². The van der Waals surface area contributed by atoms with Crippen molar-refractivity contribution in [3.8, 4) is 0 Å². The molecule has 12 heavy (non-hydrogen) atoms. The zero-order chi connectivity index (χ0) is 8.57. The summed E-state index contributed by atoms with van der Waals surface area (Å²) in [5.74, 6) is -2.04. The minimum atomic E-state index is -1.08. The van der Waals surface area contributed by atoms with Crippen molar-refractivity contribution < 1.29 is 78.9 Å². The van der Waals surface area contributed by atoms with E-state index in [9.17, 15) is 9.90 Å². The molecule has 0 bridgehead atoms. The Kier molecular flexibility index (Phi) is 34.4. The van der Waals surface area contributed by atoms with Gasteiger partial charge in [-0.2, -0.15) is 0 Å². The second kappa shape index (κ2) is 17.9. The van der Waals surface area contributed by atoms with Crippen LogP contribution in [-0.4, -0.2) is 11.9 Å². The molecule has 0 spiro atoms. The van der Waals surface area contributed by atoms with Crippen molar-refractivity contribution in [3.63, 3.8) is 0 Å². The molecule has 0 fully saturated rings. The molecule has 0 aliphatic rings. The number of carboxylic acids is 2. The number of carbonyl (C=O) groups is 2. The van der Waals surface area contributed by atoms with Gasteiger partial charge in [0.25, 0.3) is 0 Å². The standard InChI is InChI=1S/C4H8O2.C2H4O2.2Na/c1-2-3-4(5)6;1-2(3)4;;/h2-3H2,1H3,(H,5,6);1H3,(H,3,4);;/q;;2*+1/p-2. The SMILES string of the molecule is CC(=O)[O-].CCCC(=O)[O-].[Na+].[Na+]. The molecule has 0 aliphatic heterocycles. The Bertz CT molecular complexity index is 112. The molecule has 6 heteroatoms. The van der Waals surface area contributed by atoms with Gasteiger partial charge in [0.05, 0.1) is 0 Å². The number of rotatable bonds is 2. The molecule has 0 saturated carbocycles. The van der Waals surface area contributed by atoms with Gasteiger partial charge in [0, 0.05) is 11.9 Å². The normalized spacial score (nSPS) is 6.17. The van der Waals surface area contributed by atoms with Crippen molar-refractivity contribution in [2.45, 2.75) is 26.7 Å². The summed E-state index contributed by atoms with van der Waals surface area (Å²) in [7, 11) is 0. The molecule has 0 saturated heterocycles. The van der Waals surface area contributed by atoms with Crippen LogP contribution in [0.15, 0.2) is 0 Å². The summed E-state index contributed by atoms with van der Waals surface area (Å²) in [4.78, 5) is 18.4. The third-order valence-electron chi connectivity index (χ3n) is 0.454. The first-order valence-corrected chi connectivity index (χ1v) is 2.88. The van der Waals surface area contributed by atoms with E-state index in [-0.39, 0.29) is 65.5 Å². The third kappa shape index (κ3) is 69.6. The quantitative estimate of drug-likeness (QED) is 0.407. The van der Waals surface area contributed by atoms with Crippen molar-refractivity contribution in [1.82, 2.24) is 0 Å². The first-order chi connectivity index (χ1) is 4.50. The van der Waals surface area contributed by atoms with Gasteiger partial charge in [0.2, 0.25) is 0 Å². The van der Waals surface area contributed by atoms with Gasteiger partial charge in [-0.1, -0.05) is 13.3 Å². The maximum Gasteiger partial charge on any atom is 1.00 e. The predicted molar refractivity (Wildman–Crippen MR) is 30.6 cm³/mol. The fourth-order valence-corrected chi connectivity index (χ4v) is 0.204. The Morgan fingerprint density at radius 1 is 1.17 bits per heavy atom. The number of carboxylic acid groups (broad SMARTS) is 2. The largest absolute Gasteiger partial charge is 1.00 e. The van der Waals surface area contributed by atoms with E-state index in [0.29, 0.717) is 6.42 Å². The van der Waals surface area contributed by atoms with Crippen LogP contribution in [-0.2, 0) is 9.59 Å². The zero-order valence-electron chi connectivity index (χ0n) is 8.05. The zero-order valence-corrected chi connectivity index (χ0v) is 12.0. The Hall–Kier alpha value is 0.940. The summed E-state index contributed by atoms with van der Waals surface area (Å²) in [5.41, 5.74) is 0. The molecule has 0 N–H and O–H groups in total. The maximum atomic E-state index is 9.49. The first-order valence-electron chi connectivity index (χ1n) is 2.88. The van der Waals surface area contributed by atoms with Crippen molar-refractivity contribution >= 4 is 11.9 Å². The molecule has 0 aliphatic carbocycles. The molecule has 0 heterocycles. The average molecular weight is 192 g/mol. The van der Waals surface area contributed by atoms with E-state index >= 15 is 0 Å². The molecule has 0 rings (SSSR count). The summed E-state index contributed by atoms with van der Waals surface area (Å²) in [6.07, 6.45) is 0.850. The minimum Gasteiger partial charge on any atom is -0.550 e. The Morgan fingerprint density at radius 2 is 1.42 bits per heavy atom. The molecule has 0 atom stereocenters. The van der Waals surface area contributed by atoms with Gasteiger partial charge in [0.1, 0.15) is 0 Å². The summed E-state index contributed by atoms with van der Waals surface area (Å²) in [6, 6.07) is 0. The molecule has 0 aromatic carbocycles. The molecule has 60 valence electrons. The van der Waals surface area contributed by atoms with Crippen LogP contribution in [0.3, 0.4) is 0 Å². The monoisotopic (exact) mass is 192 g/mol. The molecule has 0 radical (unpaired) electrons. The van der Waals surface area contributed by atoms with Crippen molar-refractivity contribution in [2.75, 3.05) is 0 Å². The van der Waals surface area contributed by atoms with E-state index in [4.69, 9.17) is 9.90 Å². The van der Waals surface area contributed by atoms with Gasteiger partial charge < -0.3 is 19.8 Å². The second-order valence-electron chi connectivity index (χ2n) is 1.61. The van der Waals surface area contributed by atoms with Crippen LogP contribution < -0.4 is 69.3 Å². The summed E-state index contributed by atoms with van der Waals surface area (Å²) < 4.78 is 0. The van der Waals surface area contributed by atoms with Crippen LogP contribution in [0.2, 0.25) is 0 Å². The molecule has 0 aromatic heterocycles. The summed E-state index contributed by atoms with van der Waals surface area (Å²) in [5, 5.41) is 18.4. The molecular formula is C6H10Na2O4. The molecule has 0 aromatic rings. The Labute approximate surface area is 116 Å². The van der Waals surface area contributed by atoms with E-state index in [1.807, 2.05) is 0 Å². The number of aliphatic carboxylic acids is 2. The predicted octanol–water partition coefficient (Wildman–Crippen LogP) is -7.70. The molecular weight excluding hydrogens is 182 g/mol. The van der Waals surface area contributed by atoms with Gasteiger partial charge in [-0.3, -0.25) is 0 Å². The number of hydrogen-bond acceptors (Lipinski definition) is 4.